The van der Waals surface area contributed by atoms with Crippen LogP contribution in [0.25, 0.3) is 0 Å². The minimum atomic E-state index is -1.48. The minimum absolute atomic E-state index is 1.27. The third kappa shape index (κ3) is 9.49. The summed E-state index contributed by atoms with van der Waals surface area (Å²) in [5.74, 6) is 0. The Balaban J connectivity index is 4.26. The molecule has 0 fully saturated rings. The molecular formula is B2Ta2. The Morgan fingerprint density at radius 1 is 1.50 bits per heavy atom. The SMILES string of the molecule is [B]#[Ta](#[B])[Ta]. The van der Waals surface area contributed by atoms with Gasteiger partial charge in [-0.2, -0.15) is 0 Å². The Morgan fingerprint density at radius 2 is 1.50 bits per heavy atom. The summed E-state index contributed by atoms with van der Waals surface area (Å²) in [5, 5.41) is 10.3. The van der Waals surface area contributed by atoms with Crippen LogP contribution in [0.15, 0.2) is 0 Å². The summed E-state index contributed by atoms with van der Waals surface area (Å²) in [6, 6.07) is 0. The molecule has 0 aliphatic rings. The molecule has 0 aliphatic heterocycles. The quantitative estimate of drug-likeness (QED) is 0.482. The van der Waals surface area contributed by atoms with Crippen molar-refractivity contribution >= 4 is 10.6 Å². The van der Waals surface area contributed by atoms with Crippen molar-refractivity contribution in [2.24, 2.45) is 0 Å². The fourth-order valence-electron chi connectivity index (χ4n) is 0. The molecule has 16 valence electrons. The van der Waals surface area contributed by atoms with Gasteiger partial charge in [0.2, 0.25) is 0 Å². The predicted octanol–water partition coefficient (Wildman–Crippen LogP) is -0.767. The van der Waals surface area contributed by atoms with E-state index in [4.69, 9.17) is 10.6 Å². The Labute approximate surface area is 41.1 Å². The van der Waals surface area contributed by atoms with E-state index in [1.807, 2.05) is 0 Å². The van der Waals surface area contributed by atoms with Gasteiger partial charge >= 0.3 is 41.4 Å². The summed E-state index contributed by atoms with van der Waals surface area (Å²) in [6.07, 6.45) is 0. The summed E-state index contributed by atoms with van der Waals surface area (Å²) in [4.78, 5) is 0. The topological polar surface area (TPSA) is 0 Å². The fourth-order valence-corrected chi connectivity index (χ4v) is 0. The van der Waals surface area contributed by atoms with Crippen molar-refractivity contribution in [1.82, 2.24) is 0 Å². The van der Waals surface area contributed by atoms with Crippen molar-refractivity contribution in [2.45, 2.75) is 0 Å². The van der Waals surface area contributed by atoms with Gasteiger partial charge in [0, 0.05) is 0 Å². The van der Waals surface area contributed by atoms with E-state index in [2.05, 4.69) is 0 Å². The van der Waals surface area contributed by atoms with Gasteiger partial charge in [-0.15, -0.1) is 0 Å². The molecule has 0 saturated heterocycles. The van der Waals surface area contributed by atoms with Crippen LogP contribution in [-0.4, -0.2) is 10.6 Å². The van der Waals surface area contributed by atoms with Crippen LogP contribution in [0.5, 0.6) is 0 Å². The van der Waals surface area contributed by atoms with E-state index in [0.717, 1.165) is 0 Å². The summed E-state index contributed by atoms with van der Waals surface area (Å²) in [6.45, 7) is 0. The fraction of sp³-hybridized carbons (Fsp3) is 0. The second kappa shape index (κ2) is 2.83. The van der Waals surface area contributed by atoms with Crippen LogP contribution >= 0.6 is 0 Å². The summed E-state index contributed by atoms with van der Waals surface area (Å²) in [7, 11) is 0. The molecule has 0 rings (SSSR count). The van der Waals surface area contributed by atoms with E-state index in [0.29, 0.717) is 0 Å². The van der Waals surface area contributed by atoms with E-state index >= 15 is 0 Å². The van der Waals surface area contributed by atoms with Gasteiger partial charge in [0.05, 0.1) is 0 Å². The van der Waals surface area contributed by atoms with Crippen molar-refractivity contribution in [2.75, 3.05) is 0 Å². The summed E-state index contributed by atoms with van der Waals surface area (Å²) < 4.78 is 0. The molecule has 0 atom stereocenters. The molecule has 0 unspecified atom stereocenters. The van der Waals surface area contributed by atoms with Crippen molar-refractivity contribution < 1.29 is 30.8 Å². The molecule has 0 bridgehead atoms. The van der Waals surface area contributed by atoms with Crippen molar-refractivity contribution in [3.05, 3.63) is 0 Å². The van der Waals surface area contributed by atoms with Crippen LogP contribution in [0.4, 0.5) is 0 Å². The molecule has 0 aromatic heterocycles. The molecule has 0 aliphatic carbocycles. The van der Waals surface area contributed by atoms with Crippen LogP contribution in [0.2, 0.25) is 0 Å². The third-order valence-electron chi connectivity index (χ3n) is 0. The van der Waals surface area contributed by atoms with Crippen molar-refractivity contribution in [3.63, 3.8) is 0 Å². The molecule has 0 nitrogen and oxygen atoms in total. The average molecular weight is 384 g/mol. The molecule has 4 heteroatoms. The average Bonchev–Trinajstić information content (AvgIpc) is 0.811. The number of rotatable bonds is 0. The first-order valence-electron chi connectivity index (χ1n) is 0.716. The molecule has 0 heterocycles. The van der Waals surface area contributed by atoms with Crippen LogP contribution in [0.3, 0.4) is 0 Å². The molecule has 0 aromatic carbocycles. The van der Waals surface area contributed by atoms with Crippen molar-refractivity contribution in [1.29, 1.82) is 0 Å². The number of hydrogen-bond acceptors (Lipinski definition) is 0. The van der Waals surface area contributed by atoms with E-state index < -0.39 is 13.2 Å². The van der Waals surface area contributed by atoms with Gasteiger partial charge in [-0.3, -0.25) is 0 Å². The first-order valence-corrected chi connectivity index (χ1v) is 17.6. The third-order valence-corrected chi connectivity index (χ3v) is 0. The molecule has 0 aromatic rings. The van der Waals surface area contributed by atoms with Crippen LogP contribution in [0.1, 0.15) is 0 Å². The predicted molar refractivity (Wildman–Crippen MR) is 11.5 cm³/mol. The maximum atomic E-state index is 5.14. The molecule has 4 heavy (non-hydrogen) atoms. The van der Waals surface area contributed by atoms with Gasteiger partial charge in [-0.25, -0.2) is 0 Å². The Kier molecular flexibility index (Phi) is 3.97. The molecule has 0 spiro atoms. The van der Waals surface area contributed by atoms with E-state index in [1.54, 1.807) is 0 Å². The summed E-state index contributed by atoms with van der Waals surface area (Å²) in [5.41, 5.74) is 0. The molecule has 0 radical (unpaired) electrons. The van der Waals surface area contributed by atoms with Crippen LogP contribution in [-0.2, 0) is 30.8 Å². The summed E-state index contributed by atoms with van der Waals surface area (Å²) >= 11 is -0.210. The normalized spacial score (nSPS) is 4.75. The first kappa shape index (κ1) is 5.61. The van der Waals surface area contributed by atoms with E-state index in [-0.39, 0.29) is 0 Å². The van der Waals surface area contributed by atoms with E-state index in [9.17, 15) is 0 Å². The van der Waals surface area contributed by atoms with Gasteiger partial charge in [0.25, 0.3) is 0 Å². The number of hydrogen-bond donors (Lipinski definition) is 0. The Morgan fingerprint density at radius 3 is 1.50 bits per heavy atom. The van der Waals surface area contributed by atoms with Gasteiger partial charge < -0.3 is 0 Å². The zero-order chi connectivity index (χ0) is 3.58. The standard InChI is InChI=1S/2B.2Ta. The molecular weight excluding hydrogens is 384 g/mol. The maximum absolute atomic E-state index is 5.14. The van der Waals surface area contributed by atoms with Gasteiger partial charge in [0.15, 0.2) is 0 Å². The molecule has 0 saturated carbocycles. The molecule has 0 N–H and O–H groups in total. The zero-order valence-corrected chi connectivity index (χ0v) is 8.48. The second-order valence-electron chi connectivity index (χ2n) is 0.380. The van der Waals surface area contributed by atoms with Crippen molar-refractivity contribution in [3.8, 4) is 0 Å². The Bertz CT molecular complexity index is 129. The molecule has 0 amide bonds. The monoisotopic (exact) mass is 384 g/mol. The van der Waals surface area contributed by atoms with Gasteiger partial charge in [0.1, 0.15) is 0 Å². The Hall–Kier alpha value is 1.61. The van der Waals surface area contributed by atoms with Crippen LogP contribution < -0.4 is 0 Å². The van der Waals surface area contributed by atoms with E-state index in [1.165, 1.54) is 17.6 Å². The van der Waals surface area contributed by atoms with Crippen LogP contribution in [0, 0.1) is 0 Å². The van der Waals surface area contributed by atoms with Gasteiger partial charge in [-0.05, 0) is 0 Å². The first-order chi connectivity index (χ1) is 1.73. The second-order valence-corrected chi connectivity index (χ2v) is 16.7. The van der Waals surface area contributed by atoms with Gasteiger partial charge in [-0.1, -0.05) is 0 Å². The zero-order valence-electron chi connectivity index (χ0n) is 2.05.